The van der Waals surface area contributed by atoms with Gasteiger partial charge < -0.3 is 28.8 Å². The van der Waals surface area contributed by atoms with E-state index in [-0.39, 0.29) is 76.9 Å². The molecule has 13 rings (SSSR count). The van der Waals surface area contributed by atoms with Crippen molar-refractivity contribution in [2.45, 2.75) is 106 Å². The molecule has 13 nitrogen and oxygen atoms in total. The van der Waals surface area contributed by atoms with Gasteiger partial charge in [0.2, 0.25) is 0 Å². The third kappa shape index (κ3) is 2.78. The summed E-state index contributed by atoms with van der Waals surface area (Å²) in [4.78, 5) is 66.0. The molecule has 0 aromatic heterocycles. The number of hydrogen-bond acceptors (Lipinski definition) is 13. The van der Waals surface area contributed by atoms with Crippen LogP contribution in [0.1, 0.15) is 77.0 Å². The minimum absolute atomic E-state index is 0.00290. The number of carbonyl (C=O) groups is 5. The van der Waals surface area contributed by atoms with Crippen LogP contribution in [-0.4, -0.2) is 77.2 Å². The van der Waals surface area contributed by atoms with Crippen LogP contribution >= 0.6 is 0 Å². The highest BCUT2D eigenvalue weighted by atomic mass is 16.8. The van der Waals surface area contributed by atoms with Gasteiger partial charge in [-0.3, -0.25) is 30.6 Å². The van der Waals surface area contributed by atoms with E-state index in [2.05, 4.69) is 0 Å². The zero-order valence-electron chi connectivity index (χ0n) is 28.4. The van der Waals surface area contributed by atoms with E-state index in [1.54, 1.807) is 0 Å². The first-order chi connectivity index (χ1) is 24.2. The Kier molecular flexibility index (Phi) is 4.78. The number of esters is 3. The first-order valence-electron chi connectivity index (χ1n) is 19.5. The van der Waals surface area contributed by atoms with Crippen molar-refractivity contribution >= 4 is 29.5 Å². The molecule has 1 saturated heterocycles. The number of ketones is 2. The number of ether oxygens (including phenoxy) is 5. The lowest BCUT2D eigenvalue weighted by Gasteiger charge is -2.73. The van der Waals surface area contributed by atoms with E-state index in [0.29, 0.717) is 61.4 Å². The molecule has 0 radical (unpaired) electrons. The van der Waals surface area contributed by atoms with Crippen molar-refractivity contribution in [1.82, 2.24) is 0 Å². The maximum atomic E-state index is 14.0. The highest BCUT2D eigenvalue weighted by molar-refractivity contribution is 6.00. The van der Waals surface area contributed by atoms with E-state index in [0.717, 1.165) is 44.9 Å². The second-order valence-electron chi connectivity index (χ2n) is 20.1. The number of nitrogens with two attached hydrogens (primary N) is 2. The Morgan fingerprint density at radius 3 is 2.22 bits per heavy atom. The number of Topliss-reactive ketones (excluding diaryl/α,β-unsaturated/α-hetero) is 2. The van der Waals surface area contributed by atoms with Gasteiger partial charge in [-0.25, -0.2) is 4.79 Å². The highest BCUT2D eigenvalue weighted by Gasteiger charge is 2.91. The van der Waals surface area contributed by atoms with Crippen LogP contribution in [0.15, 0.2) is 0 Å². The molecule has 1 heterocycles. The van der Waals surface area contributed by atoms with Gasteiger partial charge in [0.25, 0.3) is 5.85 Å². The molecule has 4 spiro atoms. The van der Waals surface area contributed by atoms with Gasteiger partial charge in [0.15, 0.2) is 5.79 Å². The summed E-state index contributed by atoms with van der Waals surface area (Å²) in [7, 11) is 0. The average Bonchev–Trinajstić information content (AvgIpc) is 3.90. The fourth-order valence-electron chi connectivity index (χ4n) is 17.6. The summed E-state index contributed by atoms with van der Waals surface area (Å²) < 4.78 is 32.0. The van der Waals surface area contributed by atoms with Crippen LogP contribution in [0.2, 0.25) is 0 Å². The quantitative estimate of drug-likeness (QED) is 0.183. The van der Waals surface area contributed by atoms with Crippen LogP contribution in [0.25, 0.3) is 0 Å². The minimum atomic E-state index is -2.59. The standard InChI is InChI=1S/C38H44N2O11/c39-38(40,46)30(45)51-32-7-17-3-24-35(17,14-32)25(10-32)37(24)49-22(11-47-28(43)31-6-16-2-18-26(41)20(8-31)34(16,18)13-31)23(50-37)12-48-29(44)33-4-15-1-19-27(42)21(9-33)36(19,33)5-15/h15-25,46H,1-14,39-40H2. The summed E-state index contributed by atoms with van der Waals surface area (Å²) >= 11 is 0. The highest BCUT2D eigenvalue weighted by Crippen LogP contribution is 2.88. The SMILES string of the molecule is NC(N)(O)C(=O)OC12CC3CC4C5(OC(COC(=O)C67CC8CC9C(=O)C(C6)C89C7)C(COC(=O)C67CC8CC9C(=O)C(C6)C97C8)O5)C(C1)C34C2. The molecule has 13 heteroatoms. The molecule has 272 valence electrons. The Labute approximate surface area is 293 Å². The fourth-order valence-corrected chi connectivity index (χ4v) is 17.6. The van der Waals surface area contributed by atoms with Gasteiger partial charge in [-0.05, 0) is 106 Å². The van der Waals surface area contributed by atoms with Gasteiger partial charge >= 0.3 is 17.9 Å². The molecule has 0 amide bonds. The normalized spacial score (nSPS) is 61.0. The molecular weight excluding hydrogens is 660 g/mol. The Balaban J connectivity index is 0.763. The third-order valence-electron chi connectivity index (χ3n) is 19.0. The molecule has 13 fully saturated rings. The molecule has 0 aromatic carbocycles. The topological polar surface area (TPSA) is 204 Å². The largest absolute Gasteiger partial charge is 0.462 e. The lowest BCUT2D eigenvalue weighted by molar-refractivity contribution is -0.412. The zero-order chi connectivity index (χ0) is 34.7. The smallest absolute Gasteiger partial charge is 0.370 e. The van der Waals surface area contributed by atoms with Crippen molar-refractivity contribution in [1.29, 1.82) is 0 Å². The molecule has 0 aromatic rings. The molecule has 5 N–H and O–H groups in total. The van der Waals surface area contributed by atoms with Gasteiger partial charge in [0.1, 0.15) is 42.6 Å². The van der Waals surface area contributed by atoms with E-state index in [1.165, 1.54) is 0 Å². The van der Waals surface area contributed by atoms with E-state index in [1.807, 2.05) is 0 Å². The predicted octanol–water partition coefficient (Wildman–Crippen LogP) is 0.859. The number of fused-ring (bicyclic) bond motifs is 5. The number of rotatable bonds is 8. The fraction of sp³-hybridized carbons (Fsp3) is 0.868. The van der Waals surface area contributed by atoms with Crippen molar-refractivity contribution in [3.63, 3.8) is 0 Å². The van der Waals surface area contributed by atoms with Gasteiger partial charge in [-0.15, -0.1) is 0 Å². The molecule has 6 bridgehead atoms. The average molecular weight is 705 g/mol. The Morgan fingerprint density at radius 2 is 1.47 bits per heavy atom. The summed E-state index contributed by atoms with van der Waals surface area (Å²) in [5, 5.41) is 9.95. The van der Waals surface area contributed by atoms with Crippen LogP contribution < -0.4 is 11.5 Å². The van der Waals surface area contributed by atoms with E-state index in [9.17, 15) is 29.1 Å². The van der Waals surface area contributed by atoms with Crippen LogP contribution in [0.3, 0.4) is 0 Å². The summed E-state index contributed by atoms with van der Waals surface area (Å²) in [5.41, 5.74) is 8.60. The van der Waals surface area contributed by atoms with E-state index < -0.39 is 46.2 Å². The van der Waals surface area contributed by atoms with E-state index >= 15 is 0 Å². The summed E-state index contributed by atoms with van der Waals surface area (Å²) in [6.07, 6.45) is 7.41. The summed E-state index contributed by atoms with van der Waals surface area (Å²) in [6, 6.07) is 0. The number of aliphatic hydroxyl groups is 1. The maximum Gasteiger partial charge on any atom is 0.370 e. The van der Waals surface area contributed by atoms with Crippen LogP contribution in [0.4, 0.5) is 0 Å². The molecule has 1 aliphatic heterocycles. The van der Waals surface area contributed by atoms with Crippen molar-refractivity contribution < 1.29 is 52.8 Å². The van der Waals surface area contributed by atoms with E-state index in [4.69, 9.17) is 35.2 Å². The van der Waals surface area contributed by atoms with Gasteiger partial charge in [0, 0.05) is 40.9 Å². The summed E-state index contributed by atoms with van der Waals surface area (Å²) in [5.74, 6) is -3.31. The molecular formula is C38H44N2O11. The Bertz CT molecular complexity index is 1850. The molecule has 12 aliphatic carbocycles. The third-order valence-corrected chi connectivity index (χ3v) is 19.0. The van der Waals surface area contributed by atoms with Crippen LogP contribution in [0.5, 0.6) is 0 Å². The zero-order valence-corrected chi connectivity index (χ0v) is 28.4. The minimum Gasteiger partial charge on any atom is -0.462 e. The number of carbonyl (C=O) groups excluding carboxylic acids is 5. The van der Waals surface area contributed by atoms with Crippen molar-refractivity contribution in [2.24, 2.45) is 91.8 Å². The number of hydrogen-bond donors (Lipinski definition) is 3. The second-order valence-corrected chi connectivity index (χ2v) is 20.1. The Hall–Kier alpha value is -2.45. The van der Waals surface area contributed by atoms with Gasteiger partial charge in [-0.1, -0.05) is 0 Å². The van der Waals surface area contributed by atoms with Gasteiger partial charge in [0.05, 0.1) is 10.8 Å². The van der Waals surface area contributed by atoms with Gasteiger partial charge in [-0.2, -0.15) is 0 Å². The molecule has 12 saturated carbocycles. The summed E-state index contributed by atoms with van der Waals surface area (Å²) in [6.45, 7) is -0.101. The van der Waals surface area contributed by atoms with Crippen molar-refractivity contribution in [3.8, 4) is 0 Å². The lowest BCUT2D eigenvalue weighted by Crippen LogP contribution is -2.77. The monoisotopic (exact) mass is 704 g/mol. The van der Waals surface area contributed by atoms with Crippen LogP contribution in [-0.2, 0) is 47.7 Å². The maximum absolute atomic E-state index is 14.0. The van der Waals surface area contributed by atoms with Crippen LogP contribution in [0, 0.1) is 80.3 Å². The first kappa shape index (κ1) is 29.9. The lowest BCUT2D eigenvalue weighted by atomic mass is 9.31. The van der Waals surface area contributed by atoms with Crippen molar-refractivity contribution in [2.75, 3.05) is 13.2 Å². The molecule has 18 atom stereocenters. The Morgan fingerprint density at radius 1 is 0.745 bits per heavy atom. The molecule has 18 unspecified atom stereocenters. The molecule has 13 aliphatic rings. The first-order valence-corrected chi connectivity index (χ1v) is 19.5. The second kappa shape index (κ2) is 8.13. The van der Waals surface area contributed by atoms with Crippen molar-refractivity contribution in [3.05, 3.63) is 0 Å². The molecule has 51 heavy (non-hydrogen) atoms. The predicted molar refractivity (Wildman–Crippen MR) is 166 cm³/mol.